The minimum atomic E-state index is -0.976. The van der Waals surface area contributed by atoms with Crippen molar-refractivity contribution >= 4 is 17.3 Å². The maximum absolute atomic E-state index is 10.7. The summed E-state index contributed by atoms with van der Waals surface area (Å²) in [7, 11) is 0. The Kier molecular flexibility index (Phi) is 3.71. The first-order valence-corrected chi connectivity index (χ1v) is 6.37. The minimum Gasteiger partial charge on any atom is -0.476 e. The third-order valence-corrected chi connectivity index (χ3v) is 3.55. The molecule has 1 heterocycles. The van der Waals surface area contributed by atoms with Gasteiger partial charge in [0, 0.05) is 30.9 Å². The van der Waals surface area contributed by atoms with Crippen molar-refractivity contribution in [1.82, 2.24) is 9.88 Å². The number of nitriles is 1. The van der Waals surface area contributed by atoms with E-state index >= 15 is 0 Å². The third kappa shape index (κ3) is 3.25. The molecule has 6 heteroatoms. The van der Waals surface area contributed by atoms with Gasteiger partial charge in [0.2, 0.25) is 5.01 Å². The SMILES string of the molecule is N#CCCN(Cc1csc(C(=O)O)n1)C1CC1. The average Bonchev–Trinajstić information content (AvgIpc) is 3.04. The van der Waals surface area contributed by atoms with E-state index in [1.54, 1.807) is 5.38 Å². The molecule has 1 fully saturated rings. The van der Waals surface area contributed by atoms with Crippen LogP contribution in [0.2, 0.25) is 0 Å². The van der Waals surface area contributed by atoms with Gasteiger partial charge in [0.15, 0.2) is 0 Å². The van der Waals surface area contributed by atoms with Crippen molar-refractivity contribution in [2.24, 2.45) is 0 Å². The fourth-order valence-corrected chi connectivity index (χ4v) is 2.36. The Morgan fingerprint density at radius 1 is 1.71 bits per heavy atom. The van der Waals surface area contributed by atoms with Crippen molar-refractivity contribution in [3.8, 4) is 6.07 Å². The zero-order valence-corrected chi connectivity index (χ0v) is 10.1. The van der Waals surface area contributed by atoms with Crippen LogP contribution in [0.5, 0.6) is 0 Å². The summed E-state index contributed by atoms with van der Waals surface area (Å²) in [6.07, 6.45) is 2.84. The van der Waals surface area contributed by atoms with Gasteiger partial charge in [-0.2, -0.15) is 5.26 Å². The summed E-state index contributed by atoms with van der Waals surface area (Å²) < 4.78 is 0. The predicted molar refractivity (Wildman–Crippen MR) is 62.7 cm³/mol. The number of hydrogen-bond acceptors (Lipinski definition) is 5. The number of carbonyl (C=O) groups is 1. The van der Waals surface area contributed by atoms with E-state index in [0.29, 0.717) is 19.0 Å². The Hall–Kier alpha value is -1.45. The van der Waals surface area contributed by atoms with Gasteiger partial charge in [-0.15, -0.1) is 11.3 Å². The van der Waals surface area contributed by atoms with Crippen LogP contribution in [0.4, 0.5) is 0 Å². The topological polar surface area (TPSA) is 77.2 Å². The highest BCUT2D eigenvalue weighted by Crippen LogP contribution is 2.28. The van der Waals surface area contributed by atoms with Crippen LogP contribution in [0.25, 0.3) is 0 Å². The van der Waals surface area contributed by atoms with Gasteiger partial charge in [-0.3, -0.25) is 4.90 Å². The molecule has 1 aromatic rings. The molecule has 0 saturated heterocycles. The smallest absolute Gasteiger partial charge is 0.365 e. The number of nitrogens with zero attached hydrogens (tertiary/aromatic N) is 3. The van der Waals surface area contributed by atoms with Crippen LogP contribution in [0.1, 0.15) is 34.8 Å². The second-order valence-corrected chi connectivity index (χ2v) is 4.92. The summed E-state index contributed by atoms with van der Waals surface area (Å²) >= 11 is 1.15. The average molecular weight is 251 g/mol. The molecule has 5 nitrogen and oxygen atoms in total. The van der Waals surface area contributed by atoms with Crippen molar-refractivity contribution in [3.05, 3.63) is 16.1 Å². The largest absolute Gasteiger partial charge is 0.476 e. The van der Waals surface area contributed by atoms with Crippen LogP contribution >= 0.6 is 11.3 Å². The number of aromatic carboxylic acids is 1. The standard InChI is InChI=1S/C11H13N3O2S/c12-4-1-5-14(9-2-3-9)6-8-7-17-10(13-8)11(15)16/h7,9H,1-3,5-6H2,(H,15,16). The van der Waals surface area contributed by atoms with Gasteiger partial charge in [0.1, 0.15) is 0 Å². The zero-order chi connectivity index (χ0) is 12.3. The van der Waals surface area contributed by atoms with Crippen molar-refractivity contribution in [2.75, 3.05) is 6.54 Å². The predicted octanol–water partition coefficient (Wildman–Crippen LogP) is 1.72. The van der Waals surface area contributed by atoms with Gasteiger partial charge in [0.25, 0.3) is 0 Å². The van der Waals surface area contributed by atoms with Gasteiger partial charge in [-0.25, -0.2) is 9.78 Å². The van der Waals surface area contributed by atoms with Crippen LogP contribution < -0.4 is 0 Å². The molecule has 17 heavy (non-hydrogen) atoms. The van der Waals surface area contributed by atoms with Crippen LogP contribution in [-0.2, 0) is 6.54 Å². The summed E-state index contributed by atoms with van der Waals surface area (Å²) in [5.41, 5.74) is 0.789. The summed E-state index contributed by atoms with van der Waals surface area (Å²) in [5.74, 6) is -0.976. The highest BCUT2D eigenvalue weighted by molar-refractivity contribution is 7.11. The molecule has 0 aromatic carbocycles. The first-order valence-electron chi connectivity index (χ1n) is 5.49. The molecule has 1 aliphatic carbocycles. The Balaban J connectivity index is 1.96. The minimum absolute atomic E-state index is 0.135. The summed E-state index contributed by atoms with van der Waals surface area (Å²) in [5, 5.41) is 19.3. The van der Waals surface area contributed by atoms with Gasteiger partial charge in [-0.05, 0) is 12.8 Å². The highest BCUT2D eigenvalue weighted by atomic mass is 32.1. The normalized spacial score (nSPS) is 14.8. The Morgan fingerprint density at radius 3 is 3.00 bits per heavy atom. The van der Waals surface area contributed by atoms with E-state index in [9.17, 15) is 4.79 Å². The molecule has 1 saturated carbocycles. The van der Waals surface area contributed by atoms with E-state index in [-0.39, 0.29) is 5.01 Å². The molecule has 0 atom stereocenters. The number of carboxylic acid groups (broad SMARTS) is 1. The lowest BCUT2D eigenvalue weighted by molar-refractivity contribution is 0.0696. The molecule has 0 amide bonds. The van der Waals surface area contributed by atoms with E-state index in [2.05, 4.69) is 16.0 Å². The second kappa shape index (κ2) is 5.25. The molecule has 2 rings (SSSR count). The Bertz CT molecular complexity index is 448. The van der Waals surface area contributed by atoms with Crippen LogP contribution in [0.3, 0.4) is 0 Å². The number of rotatable bonds is 6. The van der Waals surface area contributed by atoms with E-state index in [1.807, 2.05) is 0 Å². The zero-order valence-electron chi connectivity index (χ0n) is 9.30. The van der Waals surface area contributed by atoms with Gasteiger partial charge >= 0.3 is 5.97 Å². The van der Waals surface area contributed by atoms with E-state index in [1.165, 1.54) is 12.8 Å². The van der Waals surface area contributed by atoms with Crippen LogP contribution in [0, 0.1) is 11.3 Å². The first-order chi connectivity index (χ1) is 8.20. The molecular weight excluding hydrogens is 238 g/mol. The van der Waals surface area contributed by atoms with Crippen molar-refractivity contribution < 1.29 is 9.90 Å². The van der Waals surface area contributed by atoms with E-state index < -0.39 is 5.97 Å². The second-order valence-electron chi connectivity index (χ2n) is 4.06. The maximum atomic E-state index is 10.7. The maximum Gasteiger partial charge on any atom is 0.365 e. The van der Waals surface area contributed by atoms with Crippen molar-refractivity contribution in [2.45, 2.75) is 31.8 Å². The Labute approximate surface area is 103 Å². The molecule has 0 unspecified atom stereocenters. The molecule has 1 aliphatic rings. The van der Waals surface area contributed by atoms with Gasteiger partial charge in [0.05, 0.1) is 11.8 Å². The molecular formula is C11H13N3O2S. The lowest BCUT2D eigenvalue weighted by Gasteiger charge is -2.18. The summed E-state index contributed by atoms with van der Waals surface area (Å²) in [6.45, 7) is 1.39. The van der Waals surface area contributed by atoms with Crippen molar-refractivity contribution in [1.29, 1.82) is 5.26 Å². The van der Waals surface area contributed by atoms with Crippen LogP contribution in [-0.4, -0.2) is 33.5 Å². The van der Waals surface area contributed by atoms with Gasteiger partial charge in [-0.1, -0.05) is 0 Å². The van der Waals surface area contributed by atoms with Gasteiger partial charge < -0.3 is 5.11 Å². The molecule has 0 aliphatic heterocycles. The quantitative estimate of drug-likeness (QED) is 0.833. The molecule has 1 N–H and O–H groups in total. The summed E-state index contributed by atoms with van der Waals surface area (Å²) in [4.78, 5) is 17.0. The third-order valence-electron chi connectivity index (χ3n) is 2.67. The lowest BCUT2D eigenvalue weighted by atomic mass is 10.3. The lowest BCUT2D eigenvalue weighted by Crippen LogP contribution is -2.26. The highest BCUT2D eigenvalue weighted by Gasteiger charge is 2.29. The number of carboxylic acids is 1. The molecule has 1 aromatic heterocycles. The fourth-order valence-electron chi connectivity index (χ4n) is 1.71. The number of thiazole rings is 1. The molecule has 0 spiro atoms. The number of hydrogen-bond donors (Lipinski definition) is 1. The van der Waals surface area contributed by atoms with E-state index in [0.717, 1.165) is 23.6 Å². The van der Waals surface area contributed by atoms with Crippen LogP contribution in [0.15, 0.2) is 5.38 Å². The molecule has 0 radical (unpaired) electrons. The van der Waals surface area contributed by atoms with Crippen molar-refractivity contribution in [3.63, 3.8) is 0 Å². The summed E-state index contributed by atoms with van der Waals surface area (Å²) in [6, 6.07) is 2.69. The fraction of sp³-hybridized carbons (Fsp3) is 0.545. The van der Waals surface area contributed by atoms with E-state index in [4.69, 9.17) is 10.4 Å². The Morgan fingerprint density at radius 2 is 2.47 bits per heavy atom. The monoisotopic (exact) mass is 251 g/mol. The first kappa shape index (κ1) is 12.0. The molecule has 90 valence electrons. The molecule has 0 bridgehead atoms. The number of aromatic nitrogens is 1.